The van der Waals surface area contributed by atoms with Gasteiger partial charge in [-0.1, -0.05) is 0 Å². The van der Waals surface area contributed by atoms with E-state index in [0.717, 1.165) is 42.5 Å². The quantitative estimate of drug-likeness (QED) is 0.906. The number of pyridine rings is 1. The molecule has 1 aromatic heterocycles. The SMILES string of the molecule is Cc1nc(OC2COC3(CCNCC3)C2)ccc1Br. The molecular formula is C14H19BrN2O2. The van der Waals surface area contributed by atoms with Gasteiger partial charge in [0, 0.05) is 17.0 Å². The van der Waals surface area contributed by atoms with Crippen molar-refractivity contribution in [2.45, 2.75) is 37.9 Å². The van der Waals surface area contributed by atoms with Crippen LogP contribution in [0.15, 0.2) is 16.6 Å². The molecule has 1 N–H and O–H groups in total. The van der Waals surface area contributed by atoms with Crippen molar-refractivity contribution in [3.63, 3.8) is 0 Å². The summed E-state index contributed by atoms with van der Waals surface area (Å²) in [7, 11) is 0. The first-order chi connectivity index (χ1) is 9.17. The molecule has 0 saturated carbocycles. The first kappa shape index (κ1) is 13.3. The highest BCUT2D eigenvalue weighted by Gasteiger charge is 2.42. The molecule has 0 bridgehead atoms. The van der Waals surface area contributed by atoms with Crippen molar-refractivity contribution in [1.29, 1.82) is 0 Å². The number of aromatic nitrogens is 1. The number of ether oxygens (including phenoxy) is 2. The maximum absolute atomic E-state index is 6.02. The van der Waals surface area contributed by atoms with Crippen LogP contribution in [0.25, 0.3) is 0 Å². The van der Waals surface area contributed by atoms with Gasteiger partial charge < -0.3 is 14.8 Å². The fraction of sp³-hybridized carbons (Fsp3) is 0.643. The maximum atomic E-state index is 6.02. The van der Waals surface area contributed by atoms with Gasteiger partial charge in [0.15, 0.2) is 0 Å². The third-order valence-corrected chi connectivity index (χ3v) is 4.81. The van der Waals surface area contributed by atoms with Gasteiger partial charge in [-0.05, 0) is 54.9 Å². The van der Waals surface area contributed by atoms with E-state index in [-0.39, 0.29) is 11.7 Å². The second-order valence-corrected chi connectivity index (χ2v) is 6.26. The topological polar surface area (TPSA) is 43.4 Å². The van der Waals surface area contributed by atoms with Gasteiger partial charge in [-0.15, -0.1) is 0 Å². The molecular weight excluding hydrogens is 308 g/mol. The number of hydrogen-bond donors (Lipinski definition) is 1. The van der Waals surface area contributed by atoms with E-state index < -0.39 is 0 Å². The van der Waals surface area contributed by atoms with Gasteiger partial charge in [0.1, 0.15) is 6.10 Å². The summed E-state index contributed by atoms with van der Waals surface area (Å²) in [6.45, 7) is 4.73. The molecule has 1 unspecified atom stereocenters. The normalized spacial score (nSPS) is 25.7. The van der Waals surface area contributed by atoms with Gasteiger partial charge >= 0.3 is 0 Å². The molecule has 4 nitrogen and oxygen atoms in total. The summed E-state index contributed by atoms with van der Waals surface area (Å²) >= 11 is 3.45. The third kappa shape index (κ3) is 2.93. The Balaban J connectivity index is 1.63. The zero-order valence-electron chi connectivity index (χ0n) is 11.1. The lowest BCUT2D eigenvalue weighted by atomic mass is 9.89. The van der Waals surface area contributed by atoms with Crippen molar-refractivity contribution in [3.05, 3.63) is 22.3 Å². The standard InChI is InChI=1S/C14H19BrN2O2/c1-10-12(15)2-3-13(17-10)19-11-8-14(18-9-11)4-6-16-7-5-14/h2-3,11,16H,4-9H2,1H3. The van der Waals surface area contributed by atoms with Crippen LogP contribution in [0.5, 0.6) is 5.88 Å². The van der Waals surface area contributed by atoms with Crippen LogP contribution >= 0.6 is 15.9 Å². The molecule has 0 radical (unpaired) electrons. The van der Waals surface area contributed by atoms with Gasteiger partial charge in [0.2, 0.25) is 5.88 Å². The predicted molar refractivity (Wildman–Crippen MR) is 76.5 cm³/mol. The van der Waals surface area contributed by atoms with Crippen molar-refractivity contribution >= 4 is 15.9 Å². The highest BCUT2D eigenvalue weighted by atomic mass is 79.9. The zero-order chi connectivity index (χ0) is 13.3. The fourth-order valence-corrected chi connectivity index (χ4v) is 3.09. The van der Waals surface area contributed by atoms with Gasteiger partial charge in [-0.2, -0.15) is 0 Å². The van der Waals surface area contributed by atoms with E-state index in [1.54, 1.807) is 0 Å². The minimum Gasteiger partial charge on any atom is -0.472 e. The Kier molecular flexibility index (Phi) is 3.78. The Bertz CT molecular complexity index is 461. The number of aryl methyl sites for hydroxylation is 1. The van der Waals surface area contributed by atoms with Gasteiger partial charge in [0.25, 0.3) is 0 Å². The largest absolute Gasteiger partial charge is 0.472 e. The van der Waals surface area contributed by atoms with Crippen molar-refractivity contribution in [2.75, 3.05) is 19.7 Å². The van der Waals surface area contributed by atoms with E-state index in [1.165, 1.54) is 0 Å². The van der Waals surface area contributed by atoms with Crippen molar-refractivity contribution in [1.82, 2.24) is 10.3 Å². The second-order valence-electron chi connectivity index (χ2n) is 5.40. The Morgan fingerprint density at radius 3 is 2.95 bits per heavy atom. The lowest BCUT2D eigenvalue weighted by molar-refractivity contribution is -0.0205. The van der Waals surface area contributed by atoms with Crippen LogP contribution in [-0.4, -0.2) is 36.4 Å². The highest BCUT2D eigenvalue weighted by molar-refractivity contribution is 9.10. The minimum absolute atomic E-state index is 0.0420. The fourth-order valence-electron chi connectivity index (χ4n) is 2.87. The minimum atomic E-state index is 0.0420. The van der Waals surface area contributed by atoms with E-state index in [4.69, 9.17) is 9.47 Å². The molecule has 2 aliphatic heterocycles. The molecule has 1 atom stereocenters. The van der Waals surface area contributed by atoms with Crippen LogP contribution in [0.1, 0.15) is 25.0 Å². The zero-order valence-corrected chi connectivity index (χ0v) is 12.7. The average molecular weight is 327 g/mol. The van der Waals surface area contributed by atoms with E-state index in [0.29, 0.717) is 12.5 Å². The molecule has 1 spiro atoms. The van der Waals surface area contributed by atoms with E-state index in [1.807, 2.05) is 19.1 Å². The summed E-state index contributed by atoms with van der Waals surface area (Å²) in [4.78, 5) is 4.43. The van der Waals surface area contributed by atoms with Crippen LogP contribution < -0.4 is 10.1 Å². The van der Waals surface area contributed by atoms with E-state index in [2.05, 4.69) is 26.2 Å². The molecule has 2 saturated heterocycles. The molecule has 2 fully saturated rings. The number of piperidine rings is 1. The molecule has 3 heterocycles. The van der Waals surface area contributed by atoms with Crippen LogP contribution in [0.2, 0.25) is 0 Å². The number of hydrogen-bond acceptors (Lipinski definition) is 4. The van der Waals surface area contributed by atoms with Gasteiger partial charge in [-0.25, -0.2) is 4.98 Å². The lowest BCUT2D eigenvalue weighted by Gasteiger charge is -2.32. The molecule has 3 rings (SSSR count). The second kappa shape index (κ2) is 5.38. The van der Waals surface area contributed by atoms with E-state index >= 15 is 0 Å². The van der Waals surface area contributed by atoms with Crippen LogP contribution in [0, 0.1) is 6.92 Å². The summed E-state index contributed by atoms with van der Waals surface area (Å²) in [6.07, 6.45) is 3.27. The Labute approximate surface area is 122 Å². The molecule has 0 amide bonds. The first-order valence-electron chi connectivity index (χ1n) is 6.81. The first-order valence-corrected chi connectivity index (χ1v) is 7.61. The van der Waals surface area contributed by atoms with Gasteiger partial charge in [0.05, 0.1) is 17.9 Å². The molecule has 104 valence electrons. The molecule has 19 heavy (non-hydrogen) atoms. The molecule has 1 aromatic rings. The predicted octanol–water partition coefficient (Wildman–Crippen LogP) is 2.44. The number of rotatable bonds is 2. The summed E-state index contributed by atoms with van der Waals surface area (Å²) < 4.78 is 13.0. The molecule has 0 aliphatic carbocycles. The van der Waals surface area contributed by atoms with Crippen molar-refractivity contribution < 1.29 is 9.47 Å². The van der Waals surface area contributed by atoms with Gasteiger partial charge in [-0.3, -0.25) is 0 Å². The van der Waals surface area contributed by atoms with Crippen LogP contribution in [-0.2, 0) is 4.74 Å². The Hall–Kier alpha value is -0.650. The summed E-state index contributed by atoms with van der Waals surface area (Å²) in [5, 5.41) is 3.38. The summed E-state index contributed by atoms with van der Waals surface area (Å²) in [5.41, 5.74) is 0.994. The lowest BCUT2D eigenvalue weighted by Crippen LogP contribution is -2.41. The van der Waals surface area contributed by atoms with Crippen LogP contribution in [0.4, 0.5) is 0 Å². The Morgan fingerprint density at radius 1 is 1.42 bits per heavy atom. The molecule has 0 aromatic carbocycles. The van der Waals surface area contributed by atoms with Crippen molar-refractivity contribution in [3.8, 4) is 5.88 Å². The summed E-state index contributed by atoms with van der Waals surface area (Å²) in [5.74, 6) is 0.695. The van der Waals surface area contributed by atoms with E-state index in [9.17, 15) is 0 Å². The van der Waals surface area contributed by atoms with Crippen LogP contribution in [0.3, 0.4) is 0 Å². The van der Waals surface area contributed by atoms with Crippen molar-refractivity contribution in [2.24, 2.45) is 0 Å². The molecule has 5 heteroatoms. The maximum Gasteiger partial charge on any atom is 0.213 e. The summed E-state index contributed by atoms with van der Waals surface area (Å²) in [6, 6.07) is 3.89. The number of nitrogens with one attached hydrogen (secondary N) is 1. The Morgan fingerprint density at radius 2 is 2.21 bits per heavy atom. The number of halogens is 1. The highest BCUT2D eigenvalue weighted by Crippen LogP contribution is 2.35. The monoisotopic (exact) mass is 326 g/mol. The number of nitrogens with zero attached hydrogens (tertiary/aromatic N) is 1. The smallest absolute Gasteiger partial charge is 0.213 e. The average Bonchev–Trinajstić information content (AvgIpc) is 2.78. The molecule has 2 aliphatic rings. The third-order valence-electron chi connectivity index (χ3n) is 3.97.